The Morgan fingerprint density at radius 3 is 1.93 bits per heavy atom. The van der Waals surface area contributed by atoms with Gasteiger partial charge in [-0.05, 0) is 63.8 Å². The SMILES string of the molecule is CC(C)=CCc1cc(C(=O)OCC2OC(OC3(CO)OC(CO)C(O)C3O)C(O)C(O)C2O)cc(CC=C(C)C)c1O. The first-order valence-corrected chi connectivity index (χ1v) is 13.7. The van der Waals surface area contributed by atoms with Crippen LogP contribution in [0, 0.1) is 0 Å². The topological polar surface area (TPSA) is 216 Å². The Bertz CT molecular complexity index is 1100. The third kappa shape index (κ3) is 7.55. The van der Waals surface area contributed by atoms with Gasteiger partial charge in [-0.1, -0.05) is 23.3 Å². The molecule has 2 saturated heterocycles. The number of hydrogen-bond acceptors (Lipinski definition) is 13. The van der Waals surface area contributed by atoms with Crippen LogP contribution in [0.4, 0.5) is 0 Å². The lowest BCUT2D eigenvalue weighted by atomic mass is 9.98. The van der Waals surface area contributed by atoms with Gasteiger partial charge in [0.1, 0.15) is 61.7 Å². The fourth-order valence-electron chi connectivity index (χ4n) is 4.68. The lowest BCUT2D eigenvalue weighted by Crippen LogP contribution is -2.62. The van der Waals surface area contributed by atoms with E-state index in [2.05, 4.69) is 0 Å². The fourth-order valence-corrected chi connectivity index (χ4v) is 4.68. The molecule has 9 unspecified atom stereocenters. The number of rotatable bonds is 11. The highest BCUT2D eigenvalue weighted by Crippen LogP contribution is 2.36. The predicted molar refractivity (Wildman–Crippen MR) is 146 cm³/mol. The number of aliphatic hydroxyl groups is 7. The summed E-state index contributed by atoms with van der Waals surface area (Å²) in [5, 5.41) is 81.9. The highest BCUT2D eigenvalue weighted by molar-refractivity contribution is 5.90. The van der Waals surface area contributed by atoms with Gasteiger partial charge in [0.05, 0.1) is 12.2 Å². The van der Waals surface area contributed by atoms with E-state index in [4.69, 9.17) is 18.9 Å². The molecule has 9 atom stereocenters. The number of aromatic hydroxyl groups is 1. The van der Waals surface area contributed by atoms with E-state index in [0.29, 0.717) is 24.0 Å². The van der Waals surface area contributed by atoms with Gasteiger partial charge in [0.25, 0.3) is 0 Å². The van der Waals surface area contributed by atoms with Crippen molar-refractivity contribution in [3.63, 3.8) is 0 Å². The molecule has 0 aromatic heterocycles. The largest absolute Gasteiger partial charge is 0.507 e. The molecule has 8 N–H and O–H groups in total. The molecule has 42 heavy (non-hydrogen) atoms. The van der Waals surface area contributed by atoms with Crippen LogP contribution in [0.5, 0.6) is 5.75 Å². The second kappa shape index (κ2) is 14.4. The van der Waals surface area contributed by atoms with Gasteiger partial charge in [-0.15, -0.1) is 0 Å². The van der Waals surface area contributed by atoms with Crippen LogP contribution in [0.2, 0.25) is 0 Å². The molecule has 13 nitrogen and oxygen atoms in total. The summed E-state index contributed by atoms with van der Waals surface area (Å²) in [7, 11) is 0. The number of carbonyl (C=O) groups excluding carboxylic acids is 1. The molecule has 0 saturated carbocycles. The number of ether oxygens (including phenoxy) is 4. The van der Waals surface area contributed by atoms with Crippen molar-refractivity contribution in [3.05, 3.63) is 52.1 Å². The summed E-state index contributed by atoms with van der Waals surface area (Å²) in [6, 6.07) is 3.00. The summed E-state index contributed by atoms with van der Waals surface area (Å²) in [6.07, 6.45) is -9.04. The van der Waals surface area contributed by atoms with Crippen LogP contribution < -0.4 is 0 Å². The van der Waals surface area contributed by atoms with Crippen molar-refractivity contribution in [3.8, 4) is 5.75 Å². The molecule has 0 aliphatic carbocycles. The Morgan fingerprint density at radius 1 is 0.881 bits per heavy atom. The minimum Gasteiger partial charge on any atom is -0.507 e. The van der Waals surface area contributed by atoms with E-state index in [-0.39, 0.29) is 11.3 Å². The quantitative estimate of drug-likeness (QED) is 0.116. The van der Waals surface area contributed by atoms with Crippen LogP contribution in [0.1, 0.15) is 49.2 Å². The zero-order valence-electron chi connectivity index (χ0n) is 24.1. The van der Waals surface area contributed by atoms with E-state index in [1.54, 1.807) is 0 Å². The minimum atomic E-state index is -2.34. The van der Waals surface area contributed by atoms with Gasteiger partial charge < -0.3 is 59.8 Å². The van der Waals surface area contributed by atoms with Crippen LogP contribution in [0.3, 0.4) is 0 Å². The number of phenols is 1. The Hall–Kier alpha value is -2.43. The van der Waals surface area contributed by atoms with Gasteiger partial charge in [0, 0.05) is 0 Å². The average Bonchev–Trinajstić information content (AvgIpc) is 3.20. The van der Waals surface area contributed by atoms with E-state index in [0.717, 1.165) is 11.1 Å². The van der Waals surface area contributed by atoms with Crippen molar-refractivity contribution < 1.29 is 64.6 Å². The molecule has 13 heteroatoms. The minimum absolute atomic E-state index is 0.0624. The fraction of sp³-hybridized carbons (Fsp3) is 0.621. The Labute approximate surface area is 243 Å². The molecule has 2 aliphatic rings. The third-order valence-electron chi connectivity index (χ3n) is 7.23. The standard InChI is InChI=1S/C29H42O13/c1-14(2)5-7-16-9-18(10-17(21(16)32)8-6-15(3)4)27(38)39-12-20-22(33)24(35)25(36)28(40-20)42-29(13-31)26(37)23(34)19(11-30)41-29/h5-6,9-10,19-20,22-26,28,30-37H,7-8,11-13H2,1-4H3. The van der Waals surface area contributed by atoms with Gasteiger partial charge in [0.15, 0.2) is 6.29 Å². The summed E-state index contributed by atoms with van der Waals surface area (Å²) in [5.41, 5.74) is 3.20. The van der Waals surface area contributed by atoms with E-state index in [9.17, 15) is 45.6 Å². The molecule has 0 radical (unpaired) electrons. The van der Waals surface area contributed by atoms with Crippen molar-refractivity contribution in [2.45, 2.75) is 95.3 Å². The van der Waals surface area contributed by atoms with Gasteiger partial charge in [-0.3, -0.25) is 0 Å². The van der Waals surface area contributed by atoms with Crippen molar-refractivity contribution >= 4 is 5.97 Å². The maximum atomic E-state index is 13.1. The van der Waals surface area contributed by atoms with Crippen LogP contribution in [0.25, 0.3) is 0 Å². The van der Waals surface area contributed by atoms with Crippen molar-refractivity contribution in [2.24, 2.45) is 0 Å². The first kappa shape index (κ1) is 34.1. The summed E-state index contributed by atoms with van der Waals surface area (Å²) in [6.45, 7) is 5.28. The van der Waals surface area contributed by atoms with Gasteiger partial charge in [-0.25, -0.2) is 4.79 Å². The molecule has 1 aromatic carbocycles. The lowest BCUT2D eigenvalue weighted by molar-refractivity contribution is -0.383. The first-order chi connectivity index (χ1) is 19.7. The zero-order valence-corrected chi connectivity index (χ0v) is 24.1. The Morgan fingerprint density at radius 2 is 1.45 bits per heavy atom. The summed E-state index contributed by atoms with van der Waals surface area (Å²) >= 11 is 0. The van der Waals surface area contributed by atoms with E-state index in [1.165, 1.54) is 12.1 Å². The molecule has 3 rings (SSSR count). The molecule has 1 aromatic rings. The van der Waals surface area contributed by atoms with E-state index in [1.807, 2.05) is 39.8 Å². The molecule has 236 valence electrons. The van der Waals surface area contributed by atoms with Gasteiger partial charge in [0.2, 0.25) is 5.79 Å². The van der Waals surface area contributed by atoms with Gasteiger partial charge >= 0.3 is 5.97 Å². The molecular formula is C29H42O13. The third-order valence-corrected chi connectivity index (χ3v) is 7.23. The Balaban J connectivity index is 1.79. The van der Waals surface area contributed by atoms with E-state index >= 15 is 0 Å². The second-order valence-electron chi connectivity index (χ2n) is 11.1. The van der Waals surface area contributed by atoms with Crippen molar-refractivity contribution in [1.29, 1.82) is 0 Å². The molecule has 0 bridgehead atoms. The van der Waals surface area contributed by atoms with Crippen LogP contribution >= 0.6 is 0 Å². The number of phenolic OH excluding ortho intramolecular Hbond substituents is 1. The normalized spacial score (nSPS) is 32.8. The number of aliphatic hydroxyl groups excluding tert-OH is 7. The van der Waals surface area contributed by atoms with E-state index < -0.39 is 80.6 Å². The van der Waals surface area contributed by atoms with Crippen LogP contribution in [-0.2, 0) is 31.8 Å². The predicted octanol–water partition coefficient (Wildman–Crippen LogP) is -0.808. The highest BCUT2D eigenvalue weighted by Gasteiger charge is 2.58. The first-order valence-electron chi connectivity index (χ1n) is 13.7. The molecular weight excluding hydrogens is 556 g/mol. The summed E-state index contributed by atoms with van der Waals surface area (Å²) < 4.78 is 21.7. The molecule has 2 fully saturated rings. The van der Waals surface area contributed by atoms with Crippen molar-refractivity contribution in [1.82, 2.24) is 0 Å². The number of hydrogen-bond donors (Lipinski definition) is 8. The summed E-state index contributed by atoms with van der Waals surface area (Å²) in [4.78, 5) is 13.1. The second-order valence-corrected chi connectivity index (χ2v) is 11.1. The lowest BCUT2D eigenvalue weighted by Gasteiger charge is -2.43. The average molecular weight is 599 g/mol. The number of allylic oxidation sites excluding steroid dienone is 4. The maximum absolute atomic E-state index is 13.1. The Kier molecular flexibility index (Phi) is 11.6. The number of carbonyl (C=O) groups is 1. The van der Waals surface area contributed by atoms with Crippen LogP contribution in [-0.4, -0.2) is 121 Å². The molecule has 0 amide bonds. The van der Waals surface area contributed by atoms with Crippen molar-refractivity contribution in [2.75, 3.05) is 19.8 Å². The number of esters is 1. The zero-order chi connectivity index (χ0) is 31.4. The monoisotopic (exact) mass is 598 g/mol. The van der Waals surface area contributed by atoms with Crippen LogP contribution in [0.15, 0.2) is 35.4 Å². The molecule has 2 heterocycles. The smallest absolute Gasteiger partial charge is 0.338 e. The van der Waals surface area contributed by atoms with Gasteiger partial charge in [-0.2, -0.15) is 0 Å². The summed E-state index contributed by atoms with van der Waals surface area (Å²) in [5.74, 6) is -3.08. The highest BCUT2D eigenvalue weighted by atomic mass is 16.8. The maximum Gasteiger partial charge on any atom is 0.338 e. The number of benzene rings is 1. The molecule has 0 spiro atoms. The molecule has 2 aliphatic heterocycles.